The van der Waals surface area contributed by atoms with E-state index in [9.17, 15) is 9.18 Å². The molecule has 0 N–H and O–H groups in total. The van der Waals surface area contributed by atoms with Crippen molar-refractivity contribution in [1.29, 1.82) is 0 Å². The van der Waals surface area contributed by atoms with E-state index in [1.165, 1.54) is 19.2 Å². The summed E-state index contributed by atoms with van der Waals surface area (Å²) in [6.45, 7) is 1.82. The van der Waals surface area contributed by atoms with Gasteiger partial charge >= 0.3 is 0 Å². The van der Waals surface area contributed by atoms with Crippen molar-refractivity contribution in [2.24, 2.45) is 0 Å². The van der Waals surface area contributed by atoms with Gasteiger partial charge in [0, 0.05) is 32.7 Å². The molecule has 0 aliphatic carbocycles. The summed E-state index contributed by atoms with van der Waals surface area (Å²) >= 11 is 5.78. The zero-order chi connectivity index (χ0) is 17.2. The lowest BCUT2D eigenvalue weighted by molar-refractivity contribution is -0.143. The van der Waals surface area contributed by atoms with Gasteiger partial charge in [-0.1, -0.05) is 11.6 Å². The highest BCUT2D eigenvalue weighted by Gasteiger charge is 2.45. The standard InChI is InChI=1S/C17H21ClFNO4/c1-22-10-16(21)20-6-2-5-17(11-20)8-13(9-23-17)24-12-3-4-15(19)14(18)7-12/h3-4,7,13H,2,5-6,8-11H2,1H3/t13-,17-/m1/s1. The summed E-state index contributed by atoms with van der Waals surface area (Å²) in [6.07, 6.45) is 2.35. The third kappa shape index (κ3) is 3.82. The zero-order valence-electron chi connectivity index (χ0n) is 13.6. The van der Waals surface area contributed by atoms with Crippen molar-refractivity contribution in [3.8, 4) is 5.75 Å². The SMILES string of the molecule is COCC(=O)N1CCC[C@@]2(C[C@@H](Oc3ccc(F)c(Cl)c3)CO2)C1. The van der Waals surface area contributed by atoms with E-state index in [2.05, 4.69) is 0 Å². The van der Waals surface area contributed by atoms with Gasteiger partial charge in [-0.05, 0) is 25.0 Å². The number of ether oxygens (including phenoxy) is 3. The van der Waals surface area contributed by atoms with E-state index in [-0.39, 0.29) is 29.2 Å². The number of amides is 1. The number of hydrogen-bond donors (Lipinski definition) is 0. The number of halogens is 2. The van der Waals surface area contributed by atoms with Crippen LogP contribution in [0, 0.1) is 5.82 Å². The van der Waals surface area contributed by atoms with Crippen LogP contribution in [0.4, 0.5) is 4.39 Å². The van der Waals surface area contributed by atoms with E-state index < -0.39 is 5.82 Å². The molecule has 1 amide bonds. The second-order valence-electron chi connectivity index (χ2n) is 6.37. The molecule has 1 aromatic rings. The molecular formula is C17H21ClFNO4. The molecular weight excluding hydrogens is 337 g/mol. The summed E-state index contributed by atoms with van der Waals surface area (Å²) in [5, 5.41) is 0.0372. The van der Waals surface area contributed by atoms with Crippen LogP contribution in [0.1, 0.15) is 19.3 Å². The Hall–Kier alpha value is -1.37. The molecule has 2 aliphatic rings. The number of likely N-dealkylation sites (tertiary alicyclic amines) is 1. The fraction of sp³-hybridized carbons (Fsp3) is 0.588. The van der Waals surface area contributed by atoms with Crippen LogP contribution in [-0.2, 0) is 14.3 Å². The molecule has 2 aliphatic heterocycles. The normalized spacial score (nSPS) is 26.8. The number of carbonyl (C=O) groups is 1. The third-order valence-electron chi connectivity index (χ3n) is 4.53. The summed E-state index contributed by atoms with van der Waals surface area (Å²) < 4.78 is 30.0. The number of piperidine rings is 1. The Labute approximate surface area is 145 Å². The van der Waals surface area contributed by atoms with E-state index in [1.54, 1.807) is 11.0 Å². The summed E-state index contributed by atoms with van der Waals surface area (Å²) in [7, 11) is 1.52. The Balaban J connectivity index is 1.61. The van der Waals surface area contributed by atoms with Gasteiger partial charge in [0.1, 0.15) is 24.3 Å². The van der Waals surface area contributed by atoms with Crippen molar-refractivity contribution in [1.82, 2.24) is 4.90 Å². The smallest absolute Gasteiger partial charge is 0.248 e. The maximum atomic E-state index is 13.2. The fourth-order valence-electron chi connectivity index (χ4n) is 3.43. The predicted molar refractivity (Wildman–Crippen MR) is 86.8 cm³/mol. The molecule has 0 aromatic heterocycles. The lowest BCUT2D eigenvalue weighted by Crippen LogP contribution is -2.51. The number of carbonyl (C=O) groups excluding carboxylic acids is 1. The van der Waals surface area contributed by atoms with Gasteiger partial charge in [0.25, 0.3) is 0 Å². The summed E-state index contributed by atoms with van der Waals surface area (Å²) in [5.41, 5.74) is -0.365. The fourth-order valence-corrected chi connectivity index (χ4v) is 3.60. The Morgan fingerprint density at radius 1 is 1.54 bits per heavy atom. The van der Waals surface area contributed by atoms with E-state index in [0.717, 1.165) is 19.4 Å². The van der Waals surface area contributed by atoms with Crippen molar-refractivity contribution >= 4 is 17.5 Å². The highest BCUT2D eigenvalue weighted by atomic mass is 35.5. The summed E-state index contributed by atoms with van der Waals surface area (Å²) in [4.78, 5) is 13.8. The molecule has 0 bridgehead atoms. The van der Waals surface area contributed by atoms with Crippen molar-refractivity contribution in [3.63, 3.8) is 0 Å². The van der Waals surface area contributed by atoms with Gasteiger partial charge in [-0.3, -0.25) is 4.79 Å². The molecule has 0 unspecified atom stereocenters. The van der Waals surface area contributed by atoms with Crippen LogP contribution < -0.4 is 4.74 Å². The van der Waals surface area contributed by atoms with Crippen LogP contribution in [0.3, 0.4) is 0 Å². The Morgan fingerprint density at radius 2 is 2.38 bits per heavy atom. The highest BCUT2D eigenvalue weighted by Crippen LogP contribution is 2.36. The van der Waals surface area contributed by atoms with E-state index in [0.29, 0.717) is 25.3 Å². The predicted octanol–water partition coefficient (Wildman–Crippen LogP) is 2.65. The minimum absolute atomic E-state index is 0.0186. The molecule has 24 heavy (non-hydrogen) atoms. The maximum Gasteiger partial charge on any atom is 0.248 e. The molecule has 7 heteroatoms. The van der Waals surface area contributed by atoms with Gasteiger partial charge < -0.3 is 19.1 Å². The van der Waals surface area contributed by atoms with Crippen molar-refractivity contribution in [3.05, 3.63) is 29.0 Å². The maximum absolute atomic E-state index is 13.2. The number of benzene rings is 1. The molecule has 2 atom stereocenters. The average molecular weight is 358 g/mol. The minimum atomic E-state index is -0.470. The summed E-state index contributed by atoms with van der Waals surface area (Å²) in [5.74, 6) is 0.0350. The molecule has 1 spiro atoms. The van der Waals surface area contributed by atoms with Gasteiger partial charge in [-0.2, -0.15) is 0 Å². The van der Waals surface area contributed by atoms with Crippen molar-refractivity contribution in [2.75, 3.05) is 33.4 Å². The van der Waals surface area contributed by atoms with Crippen LogP contribution in [0.5, 0.6) is 5.75 Å². The molecule has 132 valence electrons. The third-order valence-corrected chi connectivity index (χ3v) is 4.82. The number of nitrogens with zero attached hydrogens (tertiary/aromatic N) is 1. The molecule has 3 rings (SSSR count). The molecule has 0 radical (unpaired) electrons. The lowest BCUT2D eigenvalue weighted by Gasteiger charge is -2.39. The molecule has 1 aromatic carbocycles. The molecule has 0 saturated carbocycles. The van der Waals surface area contributed by atoms with Crippen LogP contribution in [-0.4, -0.2) is 55.9 Å². The van der Waals surface area contributed by atoms with Crippen molar-refractivity contribution in [2.45, 2.75) is 31.0 Å². The van der Waals surface area contributed by atoms with E-state index in [4.69, 9.17) is 25.8 Å². The van der Waals surface area contributed by atoms with E-state index >= 15 is 0 Å². The first-order valence-electron chi connectivity index (χ1n) is 8.04. The zero-order valence-corrected chi connectivity index (χ0v) is 14.4. The second-order valence-corrected chi connectivity index (χ2v) is 6.77. The molecule has 2 heterocycles. The van der Waals surface area contributed by atoms with Crippen LogP contribution in [0.25, 0.3) is 0 Å². The van der Waals surface area contributed by atoms with Crippen molar-refractivity contribution < 1.29 is 23.4 Å². The number of methoxy groups -OCH3 is 1. The molecule has 5 nitrogen and oxygen atoms in total. The Kier molecular flexibility index (Phi) is 5.27. The minimum Gasteiger partial charge on any atom is -0.488 e. The molecule has 2 fully saturated rings. The topological polar surface area (TPSA) is 48.0 Å². The first kappa shape index (κ1) is 17.5. The first-order valence-corrected chi connectivity index (χ1v) is 8.41. The number of rotatable bonds is 4. The monoisotopic (exact) mass is 357 g/mol. The first-order chi connectivity index (χ1) is 11.5. The number of hydrogen-bond acceptors (Lipinski definition) is 4. The summed E-state index contributed by atoms with van der Waals surface area (Å²) in [6, 6.07) is 4.31. The lowest BCUT2D eigenvalue weighted by atomic mass is 9.89. The van der Waals surface area contributed by atoms with Gasteiger partial charge in [0.2, 0.25) is 5.91 Å². The van der Waals surface area contributed by atoms with Gasteiger partial charge in [-0.15, -0.1) is 0 Å². The van der Waals surface area contributed by atoms with E-state index in [1.807, 2.05) is 0 Å². The average Bonchev–Trinajstić information content (AvgIpc) is 2.93. The molecule has 2 saturated heterocycles. The van der Waals surface area contributed by atoms with Crippen LogP contribution in [0.2, 0.25) is 5.02 Å². The second kappa shape index (κ2) is 7.25. The Morgan fingerprint density at radius 3 is 3.12 bits per heavy atom. The van der Waals surface area contributed by atoms with Crippen LogP contribution >= 0.6 is 11.6 Å². The van der Waals surface area contributed by atoms with Gasteiger partial charge in [-0.25, -0.2) is 4.39 Å². The van der Waals surface area contributed by atoms with Crippen LogP contribution in [0.15, 0.2) is 18.2 Å². The largest absolute Gasteiger partial charge is 0.488 e. The van der Waals surface area contributed by atoms with Gasteiger partial charge in [0.15, 0.2) is 0 Å². The van der Waals surface area contributed by atoms with Gasteiger partial charge in [0.05, 0.1) is 17.2 Å². The Bertz CT molecular complexity index is 614. The quantitative estimate of drug-likeness (QED) is 0.831. The highest BCUT2D eigenvalue weighted by molar-refractivity contribution is 6.30.